The molecular weight excluding hydrogens is 256 g/mol. The predicted molar refractivity (Wildman–Crippen MR) is 72.9 cm³/mol. The highest BCUT2D eigenvalue weighted by molar-refractivity contribution is 7.85. The molecule has 6 nitrogen and oxygen atoms in total. The molecule has 0 aromatic rings. The van der Waals surface area contributed by atoms with Gasteiger partial charge in [0.2, 0.25) is 5.91 Å². The molecule has 0 aromatic heterocycles. The molecule has 0 aliphatic carbocycles. The van der Waals surface area contributed by atoms with Crippen LogP contribution in [0.3, 0.4) is 0 Å². The van der Waals surface area contributed by atoms with Gasteiger partial charge in [0.15, 0.2) is 0 Å². The van der Waals surface area contributed by atoms with Crippen molar-refractivity contribution < 1.29 is 17.8 Å². The Labute approximate surface area is 110 Å². The van der Waals surface area contributed by atoms with Crippen molar-refractivity contribution in [3.8, 4) is 0 Å². The van der Waals surface area contributed by atoms with Crippen LogP contribution in [0.15, 0.2) is 0 Å². The lowest BCUT2D eigenvalue weighted by molar-refractivity contribution is -0.121. The summed E-state index contributed by atoms with van der Waals surface area (Å²) in [5.41, 5.74) is 5.12. The number of hydrogen-bond acceptors (Lipinski definition) is 4. The van der Waals surface area contributed by atoms with Crippen LogP contribution in [0.25, 0.3) is 0 Å². The number of carbonyl (C=O) groups excluding carboxylic acids is 1. The highest BCUT2D eigenvalue weighted by atomic mass is 32.2. The van der Waals surface area contributed by atoms with Crippen molar-refractivity contribution >= 4 is 16.0 Å². The fraction of sp³-hybridized carbons (Fsp3) is 0.909. The van der Waals surface area contributed by atoms with E-state index in [0.717, 1.165) is 12.8 Å². The summed E-state index contributed by atoms with van der Waals surface area (Å²) in [6.07, 6.45) is 5.33. The zero-order valence-corrected chi connectivity index (χ0v) is 12.5. The number of carbonyl (C=O) groups is 1. The first-order chi connectivity index (χ1) is 8.02. The van der Waals surface area contributed by atoms with Crippen LogP contribution in [0.1, 0.15) is 46.5 Å². The van der Waals surface area contributed by atoms with E-state index in [-0.39, 0.29) is 18.0 Å². The molecule has 18 heavy (non-hydrogen) atoms. The smallest absolute Gasteiger partial charge is 0.261 e. The van der Waals surface area contributed by atoms with Gasteiger partial charge < -0.3 is 11.1 Å². The van der Waals surface area contributed by atoms with Gasteiger partial charge in [-0.25, -0.2) is 0 Å². The Kier molecular flexibility index (Phi) is 10.2. The molecule has 0 unspecified atom stereocenters. The van der Waals surface area contributed by atoms with Crippen LogP contribution in [-0.4, -0.2) is 37.2 Å². The molecule has 0 aliphatic rings. The van der Waals surface area contributed by atoms with Crippen LogP contribution < -0.4 is 11.1 Å². The third-order valence-electron chi connectivity index (χ3n) is 2.07. The fourth-order valence-corrected chi connectivity index (χ4v) is 1.31. The van der Waals surface area contributed by atoms with Gasteiger partial charge in [0.1, 0.15) is 0 Å². The van der Waals surface area contributed by atoms with Gasteiger partial charge in [-0.05, 0) is 20.3 Å². The quantitative estimate of drug-likeness (QED) is 0.496. The van der Waals surface area contributed by atoms with Crippen LogP contribution in [0.5, 0.6) is 0 Å². The summed E-state index contributed by atoms with van der Waals surface area (Å²) in [6, 6.07) is 0. The van der Waals surface area contributed by atoms with Gasteiger partial charge in [-0.1, -0.05) is 26.2 Å². The number of hydrogen-bond donors (Lipinski definition) is 3. The highest BCUT2D eigenvalue weighted by Crippen LogP contribution is 2.13. The molecule has 7 heteroatoms. The van der Waals surface area contributed by atoms with Crippen LogP contribution >= 0.6 is 0 Å². The van der Waals surface area contributed by atoms with E-state index >= 15 is 0 Å². The van der Waals surface area contributed by atoms with Crippen LogP contribution in [0.4, 0.5) is 0 Å². The molecule has 0 spiro atoms. The molecule has 0 aromatic carbocycles. The topological polar surface area (TPSA) is 109 Å². The molecule has 0 rings (SSSR count). The van der Waals surface area contributed by atoms with Crippen molar-refractivity contribution in [3.05, 3.63) is 0 Å². The first kappa shape index (κ1) is 19.7. The molecule has 0 saturated carbocycles. The summed E-state index contributed by atoms with van der Waals surface area (Å²) in [6.45, 7) is 6.33. The third-order valence-corrected chi connectivity index (χ3v) is 2.07. The lowest BCUT2D eigenvalue weighted by atomic mass is 9.97. The summed E-state index contributed by atoms with van der Waals surface area (Å²) >= 11 is 0. The number of nitrogens with two attached hydrogens (primary N) is 1. The Bertz CT molecular complexity index is 318. The molecule has 0 saturated heterocycles. The van der Waals surface area contributed by atoms with E-state index in [1.165, 1.54) is 12.8 Å². The molecule has 0 bridgehead atoms. The lowest BCUT2D eigenvalue weighted by Gasteiger charge is -2.25. The first-order valence-electron chi connectivity index (χ1n) is 5.95. The van der Waals surface area contributed by atoms with E-state index in [1.54, 1.807) is 0 Å². The van der Waals surface area contributed by atoms with Crippen molar-refractivity contribution in [2.45, 2.75) is 52.0 Å². The van der Waals surface area contributed by atoms with Gasteiger partial charge in [0.05, 0.1) is 12.8 Å². The number of unbranched alkanes of at least 4 members (excludes halogenated alkanes) is 2. The van der Waals surface area contributed by atoms with Gasteiger partial charge in [-0.2, -0.15) is 8.42 Å². The Balaban J connectivity index is 0. The summed E-state index contributed by atoms with van der Waals surface area (Å²) < 4.78 is 25.9. The SMILES string of the molecule is CCCCCC(C)(C)NC(=O)CN.CS(=O)(=O)O. The number of rotatable bonds is 6. The van der Waals surface area contributed by atoms with Crippen LogP contribution in [0, 0.1) is 0 Å². The molecule has 0 radical (unpaired) electrons. The molecular formula is C11H26N2O4S. The molecule has 0 heterocycles. The third kappa shape index (κ3) is 20.7. The Morgan fingerprint density at radius 3 is 2.11 bits per heavy atom. The summed E-state index contributed by atoms with van der Waals surface area (Å²) in [4.78, 5) is 11.0. The summed E-state index contributed by atoms with van der Waals surface area (Å²) in [7, 11) is -3.67. The average molecular weight is 282 g/mol. The van der Waals surface area contributed by atoms with Crippen molar-refractivity contribution in [2.24, 2.45) is 5.73 Å². The fourth-order valence-electron chi connectivity index (χ4n) is 1.31. The van der Waals surface area contributed by atoms with Crippen molar-refractivity contribution in [1.29, 1.82) is 0 Å². The Hall–Kier alpha value is -0.660. The number of nitrogens with one attached hydrogen (secondary N) is 1. The van der Waals surface area contributed by atoms with Crippen molar-refractivity contribution in [1.82, 2.24) is 5.32 Å². The van der Waals surface area contributed by atoms with E-state index in [0.29, 0.717) is 6.26 Å². The van der Waals surface area contributed by atoms with Crippen LogP contribution in [0.2, 0.25) is 0 Å². The van der Waals surface area contributed by atoms with E-state index in [2.05, 4.69) is 12.2 Å². The molecule has 0 fully saturated rings. The van der Waals surface area contributed by atoms with E-state index in [9.17, 15) is 13.2 Å². The monoisotopic (exact) mass is 282 g/mol. The van der Waals surface area contributed by atoms with E-state index in [1.807, 2.05) is 13.8 Å². The first-order valence-corrected chi connectivity index (χ1v) is 7.80. The summed E-state index contributed by atoms with van der Waals surface area (Å²) in [5.74, 6) is -0.0681. The minimum Gasteiger partial charge on any atom is -0.350 e. The van der Waals surface area contributed by atoms with Gasteiger partial charge in [-0.3, -0.25) is 9.35 Å². The highest BCUT2D eigenvalue weighted by Gasteiger charge is 2.18. The standard InChI is InChI=1S/C10H22N2O.CH4O3S/c1-4-5-6-7-10(2,3)12-9(13)8-11;1-5(2,3)4/h4-8,11H2,1-3H3,(H,12,13);1H3,(H,2,3,4). The van der Waals surface area contributed by atoms with Gasteiger partial charge in [0, 0.05) is 5.54 Å². The normalized spacial score (nSPS) is 11.4. The molecule has 0 aliphatic heterocycles. The minimum atomic E-state index is -3.67. The molecule has 1 amide bonds. The van der Waals surface area contributed by atoms with Gasteiger partial charge in [-0.15, -0.1) is 0 Å². The maximum Gasteiger partial charge on any atom is 0.261 e. The zero-order valence-electron chi connectivity index (χ0n) is 11.7. The van der Waals surface area contributed by atoms with Crippen molar-refractivity contribution in [3.63, 3.8) is 0 Å². The molecule has 110 valence electrons. The second kappa shape index (κ2) is 9.29. The lowest BCUT2D eigenvalue weighted by Crippen LogP contribution is -2.45. The summed E-state index contributed by atoms with van der Waals surface area (Å²) in [5, 5.41) is 2.90. The predicted octanol–water partition coefficient (Wildman–Crippen LogP) is 0.924. The largest absolute Gasteiger partial charge is 0.350 e. The Morgan fingerprint density at radius 1 is 1.33 bits per heavy atom. The minimum absolute atomic E-state index is 0.0681. The second-order valence-corrected chi connectivity index (χ2v) is 6.29. The molecule has 4 N–H and O–H groups in total. The van der Waals surface area contributed by atoms with Crippen LogP contribution in [-0.2, 0) is 14.9 Å². The van der Waals surface area contributed by atoms with Gasteiger partial charge >= 0.3 is 0 Å². The van der Waals surface area contributed by atoms with E-state index in [4.69, 9.17) is 10.3 Å². The number of amides is 1. The maximum atomic E-state index is 11.0. The maximum absolute atomic E-state index is 11.0. The Morgan fingerprint density at radius 2 is 1.78 bits per heavy atom. The van der Waals surface area contributed by atoms with Gasteiger partial charge in [0.25, 0.3) is 10.1 Å². The molecule has 0 atom stereocenters. The average Bonchev–Trinajstić information content (AvgIpc) is 2.14. The zero-order chi connectivity index (χ0) is 14.8. The second-order valence-electron chi connectivity index (χ2n) is 4.83. The van der Waals surface area contributed by atoms with E-state index < -0.39 is 10.1 Å². The van der Waals surface area contributed by atoms with Crippen molar-refractivity contribution in [2.75, 3.05) is 12.8 Å².